The van der Waals surface area contributed by atoms with E-state index in [-0.39, 0.29) is 5.82 Å². The summed E-state index contributed by atoms with van der Waals surface area (Å²) in [6.45, 7) is 0. The van der Waals surface area contributed by atoms with Crippen LogP contribution < -0.4 is 5.73 Å². The highest BCUT2D eigenvalue weighted by atomic mass is 35.5. The maximum atomic E-state index is 12.9. The van der Waals surface area contributed by atoms with E-state index >= 15 is 0 Å². The summed E-state index contributed by atoms with van der Waals surface area (Å²) in [5.41, 5.74) is 6.15. The van der Waals surface area contributed by atoms with Crippen LogP contribution in [0.4, 0.5) is 10.1 Å². The molecule has 0 saturated heterocycles. The zero-order chi connectivity index (χ0) is 12.4. The molecule has 1 aromatic carbocycles. The number of rotatable bonds is 3. The van der Waals surface area contributed by atoms with Crippen LogP contribution in [0, 0.1) is 5.82 Å². The first-order chi connectivity index (χ1) is 8.08. The van der Waals surface area contributed by atoms with Gasteiger partial charge in [0.25, 0.3) is 0 Å². The van der Waals surface area contributed by atoms with Crippen LogP contribution in [-0.2, 0) is 12.8 Å². The van der Waals surface area contributed by atoms with Gasteiger partial charge in [-0.15, -0.1) is 11.8 Å². The Balaban J connectivity index is 2.10. The van der Waals surface area contributed by atoms with Crippen LogP contribution in [0.15, 0.2) is 29.3 Å². The lowest BCUT2D eigenvalue weighted by Crippen LogP contribution is -1.96. The van der Waals surface area contributed by atoms with Gasteiger partial charge in [0, 0.05) is 17.6 Å². The molecule has 0 atom stereocenters. The summed E-state index contributed by atoms with van der Waals surface area (Å²) >= 11 is 7.38. The summed E-state index contributed by atoms with van der Waals surface area (Å²) in [6.07, 6.45) is 1.60. The van der Waals surface area contributed by atoms with Crippen LogP contribution in [0.1, 0.15) is 5.82 Å². The number of imidazole rings is 1. The molecule has 0 saturated carbocycles. The van der Waals surface area contributed by atoms with Crippen LogP contribution in [-0.4, -0.2) is 9.55 Å². The van der Waals surface area contributed by atoms with Gasteiger partial charge in [0.15, 0.2) is 0 Å². The summed E-state index contributed by atoms with van der Waals surface area (Å²) in [6, 6.07) is 4.37. The molecule has 0 radical (unpaired) electrons. The van der Waals surface area contributed by atoms with Crippen LogP contribution in [0.2, 0.25) is 5.15 Å². The molecule has 0 spiro atoms. The Morgan fingerprint density at radius 3 is 2.88 bits per heavy atom. The van der Waals surface area contributed by atoms with Gasteiger partial charge in [-0.3, -0.25) is 0 Å². The lowest BCUT2D eigenvalue weighted by atomic mass is 10.3. The first kappa shape index (κ1) is 12.3. The Kier molecular flexibility index (Phi) is 3.59. The molecule has 6 heteroatoms. The molecule has 2 rings (SSSR count). The van der Waals surface area contributed by atoms with E-state index < -0.39 is 0 Å². The molecule has 0 aliphatic heterocycles. The highest BCUT2D eigenvalue weighted by Gasteiger charge is 2.07. The molecule has 0 fully saturated rings. The van der Waals surface area contributed by atoms with Crippen LogP contribution >= 0.6 is 23.4 Å². The van der Waals surface area contributed by atoms with Crippen LogP contribution in [0.25, 0.3) is 0 Å². The van der Waals surface area contributed by atoms with E-state index in [1.807, 2.05) is 7.05 Å². The van der Waals surface area contributed by atoms with Crippen molar-refractivity contribution in [1.82, 2.24) is 9.55 Å². The standard InChI is InChI=1S/C11H11ClFN3S/c1-16-10(12)5-15-11(16)6-17-9-3-2-7(13)4-8(9)14/h2-5H,6,14H2,1H3. The van der Waals surface area contributed by atoms with Gasteiger partial charge < -0.3 is 10.3 Å². The summed E-state index contributed by atoms with van der Waals surface area (Å²) in [5, 5.41) is 0.590. The third kappa shape index (κ3) is 2.73. The maximum Gasteiger partial charge on any atom is 0.128 e. The van der Waals surface area contributed by atoms with Crippen LogP contribution in [0.5, 0.6) is 0 Å². The Labute approximate surface area is 108 Å². The fourth-order valence-electron chi connectivity index (χ4n) is 1.35. The minimum Gasteiger partial charge on any atom is -0.398 e. The third-order valence-electron chi connectivity index (χ3n) is 2.36. The van der Waals surface area contributed by atoms with E-state index in [4.69, 9.17) is 17.3 Å². The highest BCUT2D eigenvalue weighted by Crippen LogP contribution is 2.28. The van der Waals surface area contributed by atoms with Crippen molar-refractivity contribution in [2.75, 3.05) is 5.73 Å². The molecule has 2 N–H and O–H groups in total. The average Bonchev–Trinajstić information content (AvgIpc) is 2.59. The fraction of sp³-hybridized carbons (Fsp3) is 0.182. The number of halogens is 2. The van der Waals surface area contributed by atoms with Gasteiger partial charge >= 0.3 is 0 Å². The molecule has 2 aromatic rings. The first-order valence-corrected chi connectivity index (χ1v) is 6.28. The number of nitrogen functional groups attached to an aromatic ring is 1. The van der Waals surface area contributed by atoms with Gasteiger partial charge in [0.1, 0.15) is 16.8 Å². The number of thioether (sulfide) groups is 1. The van der Waals surface area contributed by atoms with Crippen molar-refractivity contribution in [3.8, 4) is 0 Å². The molecule has 0 bridgehead atoms. The quantitative estimate of drug-likeness (QED) is 0.689. The van der Waals surface area contributed by atoms with Crippen molar-refractivity contribution in [2.45, 2.75) is 10.6 Å². The second-order valence-corrected chi connectivity index (χ2v) is 4.93. The summed E-state index contributed by atoms with van der Waals surface area (Å²) in [4.78, 5) is 5.01. The Bertz CT molecular complexity index is 542. The SMILES string of the molecule is Cn1c(Cl)cnc1CSc1ccc(F)cc1N. The number of hydrogen-bond donors (Lipinski definition) is 1. The molecule has 1 heterocycles. The topological polar surface area (TPSA) is 43.8 Å². The van der Waals surface area contributed by atoms with Gasteiger partial charge in [-0.2, -0.15) is 0 Å². The highest BCUT2D eigenvalue weighted by molar-refractivity contribution is 7.98. The van der Waals surface area contributed by atoms with E-state index in [1.54, 1.807) is 16.8 Å². The van der Waals surface area contributed by atoms with Gasteiger partial charge in [0.05, 0.1) is 11.9 Å². The van der Waals surface area contributed by atoms with E-state index in [1.165, 1.54) is 23.9 Å². The monoisotopic (exact) mass is 271 g/mol. The lowest BCUT2D eigenvalue weighted by Gasteiger charge is -2.05. The second kappa shape index (κ2) is 4.98. The van der Waals surface area contributed by atoms with E-state index in [9.17, 15) is 4.39 Å². The molecule has 0 aliphatic rings. The number of anilines is 1. The normalized spacial score (nSPS) is 10.8. The maximum absolute atomic E-state index is 12.9. The largest absolute Gasteiger partial charge is 0.398 e. The van der Waals surface area contributed by atoms with Gasteiger partial charge in [-0.1, -0.05) is 11.6 Å². The van der Waals surface area contributed by atoms with Gasteiger partial charge in [-0.05, 0) is 18.2 Å². The minimum atomic E-state index is -0.327. The smallest absolute Gasteiger partial charge is 0.128 e. The van der Waals surface area contributed by atoms with E-state index in [0.29, 0.717) is 16.6 Å². The number of aromatic nitrogens is 2. The fourth-order valence-corrected chi connectivity index (χ4v) is 2.44. The van der Waals surface area contributed by atoms with Crippen molar-refractivity contribution in [2.24, 2.45) is 7.05 Å². The predicted molar refractivity (Wildman–Crippen MR) is 68.6 cm³/mol. The zero-order valence-corrected chi connectivity index (χ0v) is 10.7. The first-order valence-electron chi connectivity index (χ1n) is 4.92. The number of nitrogens with zero attached hydrogens (tertiary/aromatic N) is 2. The summed E-state index contributed by atoms with van der Waals surface area (Å²) < 4.78 is 14.7. The Morgan fingerprint density at radius 1 is 1.53 bits per heavy atom. The predicted octanol–water partition coefficient (Wildman–Crippen LogP) is 3.09. The van der Waals surface area contributed by atoms with E-state index in [2.05, 4.69) is 4.98 Å². The average molecular weight is 272 g/mol. The molecular formula is C11H11ClFN3S. The molecule has 1 aromatic heterocycles. The molecule has 0 amide bonds. The van der Waals surface area contributed by atoms with Crippen molar-refractivity contribution in [1.29, 1.82) is 0 Å². The van der Waals surface area contributed by atoms with Crippen molar-refractivity contribution < 1.29 is 4.39 Å². The molecule has 3 nitrogen and oxygen atoms in total. The summed E-state index contributed by atoms with van der Waals surface area (Å²) in [5.74, 6) is 1.16. The second-order valence-electron chi connectivity index (χ2n) is 3.53. The molecule has 17 heavy (non-hydrogen) atoms. The molecular weight excluding hydrogens is 261 g/mol. The molecule has 0 aliphatic carbocycles. The number of hydrogen-bond acceptors (Lipinski definition) is 3. The van der Waals surface area contributed by atoms with Gasteiger partial charge in [0.2, 0.25) is 0 Å². The Hall–Kier alpha value is -1.20. The number of nitrogens with two attached hydrogens (primary N) is 1. The van der Waals surface area contributed by atoms with Crippen molar-refractivity contribution in [3.63, 3.8) is 0 Å². The molecule has 90 valence electrons. The lowest BCUT2D eigenvalue weighted by molar-refractivity contribution is 0.627. The zero-order valence-electron chi connectivity index (χ0n) is 9.15. The molecule has 0 unspecified atom stereocenters. The number of benzene rings is 1. The van der Waals surface area contributed by atoms with Gasteiger partial charge in [-0.25, -0.2) is 9.37 Å². The third-order valence-corrected chi connectivity index (χ3v) is 3.79. The van der Waals surface area contributed by atoms with Crippen LogP contribution in [0.3, 0.4) is 0 Å². The summed E-state index contributed by atoms with van der Waals surface area (Å²) in [7, 11) is 1.85. The minimum absolute atomic E-state index is 0.327. The van der Waals surface area contributed by atoms with Crippen molar-refractivity contribution >= 4 is 29.1 Å². The van der Waals surface area contributed by atoms with Crippen molar-refractivity contribution in [3.05, 3.63) is 41.2 Å². The Morgan fingerprint density at radius 2 is 2.29 bits per heavy atom. The van der Waals surface area contributed by atoms with E-state index in [0.717, 1.165) is 10.7 Å².